The highest BCUT2D eigenvalue weighted by atomic mass is 35.5. The molecule has 1 heterocycles. The Kier molecular flexibility index (Phi) is 5.86. The Morgan fingerprint density at radius 1 is 1.32 bits per heavy atom. The van der Waals surface area contributed by atoms with Crippen molar-refractivity contribution in [3.63, 3.8) is 0 Å². The van der Waals surface area contributed by atoms with Crippen LogP contribution >= 0.6 is 23.4 Å². The molecule has 106 valence electrons. The molecule has 1 aromatic carbocycles. The van der Waals surface area contributed by atoms with Gasteiger partial charge in [0, 0.05) is 31.1 Å². The smallest absolute Gasteiger partial charge is 0.0642 e. The molecular formula is C15H23ClN2S. The maximum atomic E-state index is 6.43. The number of nitrogens with zero attached hydrogens (tertiary/aromatic N) is 1. The lowest BCUT2D eigenvalue weighted by Crippen LogP contribution is -2.34. The van der Waals surface area contributed by atoms with Crippen molar-refractivity contribution in [3.05, 3.63) is 28.8 Å². The minimum atomic E-state index is 0.675. The van der Waals surface area contributed by atoms with Crippen molar-refractivity contribution in [2.75, 3.05) is 36.0 Å². The Hall–Kier alpha value is -0.380. The fourth-order valence-corrected chi connectivity index (χ4v) is 3.56. The van der Waals surface area contributed by atoms with Crippen LogP contribution in [0.5, 0.6) is 0 Å². The normalized spacial score (nSPS) is 16.1. The Morgan fingerprint density at radius 3 is 2.74 bits per heavy atom. The van der Waals surface area contributed by atoms with E-state index in [0.717, 1.165) is 31.2 Å². The number of hydrogen-bond donors (Lipinski definition) is 1. The molecule has 1 aliphatic rings. The van der Waals surface area contributed by atoms with Crippen LogP contribution in [0.25, 0.3) is 0 Å². The van der Waals surface area contributed by atoms with Crippen LogP contribution < -0.4 is 10.2 Å². The van der Waals surface area contributed by atoms with Gasteiger partial charge in [0.1, 0.15) is 0 Å². The Labute approximate surface area is 125 Å². The number of para-hydroxylation sites is 1. The van der Waals surface area contributed by atoms with Crippen molar-refractivity contribution in [2.24, 2.45) is 5.92 Å². The third-order valence-electron chi connectivity index (χ3n) is 3.27. The number of hydrogen-bond acceptors (Lipinski definition) is 3. The van der Waals surface area contributed by atoms with Crippen LogP contribution in [-0.4, -0.2) is 31.1 Å². The molecule has 0 atom stereocenters. The van der Waals surface area contributed by atoms with Crippen LogP contribution in [0.2, 0.25) is 5.02 Å². The molecule has 2 rings (SSSR count). The van der Waals surface area contributed by atoms with E-state index in [2.05, 4.69) is 36.2 Å². The molecule has 0 amide bonds. The van der Waals surface area contributed by atoms with Gasteiger partial charge in [0.2, 0.25) is 0 Å². The lowest BCUT2D eigenvalue weighted by Gasteiger charge is -2.31. The van der Waals surface area contributed by atoms with Crippen LogP contribution in [0.4, 0.5) is 5.69 Å². The summed E-state index contributed by atoms with van der Waals surface area (Å²) in [7, 11) is 0. The van der Waals surface area contributed by atoms with Crippen molar-refractivity contribution in [3.8, 4) is 0 Å². The molecule has 2 nitrogen and oxygen atoms in total. The van der Waals surface area contributed by atoms with Crippen molar-refractivity contribution in [2.45, 2.75) is 20.4 Å². The van der Waals surface area contributed by atoms with Crippen molar-refractivity contribution < 1.29 is 0 Å². The van der Waals surface area contributed by atoms with Crippen LogP contribution in [-0.2, 0) is 6.54 Å². The first kappa shape index (κ1) is 15.0. The average Bonchev–Trinajstić information content (AvgIpc) is 2.39. The third-order valence-corrected chi connectivity index (χ3v) is 4.51. The summed E-state index contributed by atoms with van der Waals surface area (Å²) in [6.07, 6.45) is 0. The van der Waals surface area contributed by atoms with Crippen LogP contribution in [0, 0.1) is 5.92 Å². The molecule has 1 aromatic rings. The summed E-state index contributed by atoms with van der Waals surface area (Å²) in [5.41, 5.74) is 2.56. The lowest BCUT2D eigenvalue weighted by molar-refractivity contribution is 0.552. The van der Waals surface area contributed by atoms with E-state index in [1.165, 1.54) is 22.8 Å². The highest BCUT2D eigenvalue weighted by Crippen LogP contribution is 2.31. The highest BCUT2D eigenvalue weighted by molar-refractivity contribution is 7.99. The first-order valence-electron chi connectivity index (χ1n) is 6.99. The molecule has 0 radical (unpaired) electrons. The lowest BCUT2D eigenvalue weighted by atomic mass is 10.1. The molecule has 19 heavy (non-hydrogen) atoms. The van der Waals surface area contributed by atoms with E-state index >= 15 is 0 Å². The molecule has 0 unspecified atom stereocenters. The molecule has 0 saturated carbocycles. The second-order valence-electron chi connectivity index (χ2n) is 5.37. The molecule has 0 spiro atoms. The van der Waals surface area contributed by atoms with E-state index in [0.29, 0.717) is 5.92 Å². The number of rotatable bonds is 5. The summed E-state index contributed by atoms with van der Waals surface area (Å²) in [5.74, 6) is 3.07. The zero-order chi connectivity index (χ0) is 13.7. The maximum Gasteiger partial charge on any atom is 0.0642 e. The number of halogens is 1. The summed E-state index contributed by atoms with van der Waals surface area (Å²) in [6, 6.07) is 6.25. The third kappa shape index (κ3) is 4.30. The zero-order valence-electron chi connectivity index (χ0n) is 11.8. The van der Waals surface area contributed by atoms with Crippen LogP contribution in [0.1, 0.15) is 19.4 Å². The van der Waals surface area contributed by atoms with Gasteiger partial charge in [-0.3, -0.25) is 0 Å². The van der Waals surface area contributed by atoms with Gasteiger partial charge in [0.25, 0.3) is 0 Å². The van der Waals surface area contributed by atoms with Gasteiger partial charge in [-0.1, -0.05) is 37.6 Å². The predicted molar refractivity (Wildman–Crippen MR) is 87.5 cm³/mol. The van der Waals surface area contributed by atoms with Gasteiger partial charge >= 0.3 is 0 Å². The fourth-order valence-electron chi connectivity index (χ4n) is 2.34. The summed E-state index contributed by atoms with van der Waals surface area (Å²) in [5, 5.41) is 4.40. The Bertz CT molecular complexity index is 403. The molecule has 1 saturated heterocycles. The van der Waals surface area contributed by atoms with Crippen molar-refractivity contribution in [1.82, 2.24) is 5.32 Å². The van der Waals surface area contributed by atoms with E-state index in [9.17, 15) is 0 Å². The second kappa shape index (κ2) is 7.41. The van der Waals surface area contributed by atoms with E-state index in [-0.39, 0.29) is 0 Å². The maximum absolute atomic E-state index is 6.43. The molecule has 4 heteroatoms. The number of anilines is 1. The summed E-state index contributed by atoms with van der Waals surface area (Å²) in [4.78, 5) is 2.44. The Morgan fingerprint density at radius 2 is 2.05 bits per heavy atom. The fraction of sp³-hybridized carbons (Fsp3) is 0.600. The van der Waals surface area contributed by atoms with E-state index in [1.807, 2.05) is 17.8 Å². The van der Waals surface area contributed by atoms with Gasteiger partial charge < -0.3 is 10.2 Å². The molecule has 1 fully saturated rings. The molecule has 0 bridgehead atoms. The number of nitrogens with one attached hydrogen (secondary N) is 1. The summed E-state index contributed by atoms with van der Waals surface area (Å²) >= 11 is 8.45. The molecule has 1 aliphatic heterocycles. The minimum absolute atomic E-state index is 0.675. The van der Waals surface area contributed by atoms with Gasteiger partial charge in [-0.15, -0.1) is 0 Å². The van der Waals surface area contributed by atoms with E-state index in [1.54, 1.807) is 0 Å². The van der Waals surface area contributed by atoms with Crippen LogP contribution in [0.15, 0.2) is 18.2 Å². The molecule has 0 aromatic heterocycles. The minimum Gasteiger partial charge on any atom is -0.368 e. The van der Waals surface area contributed by atoms with Gasteiger partial charge in [0.15, 0.2) is 0 Å². The first-order chi connectivity index (χ1) is 9.18. The van der Waals surface area contributed by atoms with E-state index < -0.39 is 0 Å². The highest BCUT2D eigenvalue weighted by Gasteiger charge is 2.17. The quantitative estimate of drug-likeness (QED) is 0.893. The second-order valence-corrected chi connectivity index (χ2v) is 7.00. The zero-order valence-corrected chi connectivity index (χ0v) is 13.4. The molecule has 1 N–H and O–H groups in total. The SMILES string of the molecule is CC(C)CNCc1cccc(Cl)c1N1CCSCC1. The first-order valence-corrected chi connectivity index (χ1v) is 8.52. The Balaban J connectivity index is 2.10. The molecule has 0 aliphatic carbocycles. The van der Waals surface area contributed by atoms with Gasteiger partial charge in [0.05, 0.1) is 10.7 Å². The number of thioether (sulfide) groups is 1. The van der Waals surface area contributed by atoms with Gasteiger partial charge in [-0.25, -0.2) is 0 Å². The van der Waals surface area contributed by atoms with Crippen molar-refractivity contribution in [1.29, 1.82) is 0 Å². The topological polar surface area (TPSA) is 15.3 Å². The molecular weight excluding hydrogens is 276 g/mol. The van der Waals surface area contributed by atoms with Gasteiger partial charge in [-0.05, 0) is 24.1 Å². The van der Waals surface area contributed by atoms with E-state index in [4.69, 9.17) is 11.6 Å². The number of benzene rings is 1. The average molecular weight is 299 g/mol. The van der Waals surface area contributed by atoms with Crippen molar-refractivity contribution >= 4 is 29.1 Å². The van der Waals surface area contributed by atoms with Crippen LogP contribution in [0.3, 0.4) is 0 Å². The summed E-state index contributed by atoms with van der Waals surface area (Å²) in [6.45, 7) is 8.61. The standard InChI is InChI=1S/C15H23ClN2S/c1-12(2)10-17-11-13-4-3-5-14(16)15(13)18-6-8-19-9-7-18/h3-5,12,17H,6-11H2,1-2H3. The van der Waals surface area contributed by atoms with Gasteiger partial charge in [-0.2, -0.15) is 11.8 Å². The summed E-state index contributed by atoms with van der Waals surface area (Å²) < 4.78 is 0. The largest absolute Gasteiger partial charge is 0.368 e. The monoisotopic (exact) mass is 298 g/mol. The predicted octanol–water partition coefficient (Wildman–Crippen LogP) is 3.64.